The molecule has 0 atom stereocenters. The summed E-state index contributed by atoms with van der Waals surface area (Å²) in [4.78, 5) is 24.2. The third-order valence-electron chi connectivity index (χ3n) is 3.90. The molecule has 4 nitrogen and oxygen atoms in total. The fourth-order valence-electron chi connectivity index (χ4n) is 2.38. The Morgan fingerprint density at radius 3 is 2.27 bits per heavy atom. The first-order chi connectivity index (χ1) is 10.7. The van der Waals surface area contributed by atoms with Crippen molar-refractivity contribution < 1.29 is 9.59 Å². The number of para-hydroxylation sites is 1. The van der Waals surface area contributed by atoms with Crippen LogP contribution in [0.4, 0.5) is 11.4 Å². The molecule has 0 saturated heterocycles. The van der Waals surface area contributed by atoms with E-state index < -0.39 is 0 Å². The molecule has 4 heteroatoms. The molecule has 2 amide bonds. The van der Waals surface area contributed by atoms with E-state index in [4.69, 9.17) is 0 Å². The van der Waals surface area contributed by atoms with E-state index in [1.165, 1.54) is 0 Å². The Morgan fingerprint density at radius 2 is 1.59 bits per heavy atom. The zero-order valence-corrected chi connectivity index (χ0v) is 12.2. The normalized spacial score (nSPS) is 14.0. The first-order valence-electron chi connectivity index (χ1n) is 7.50. The lowest BCUT2D eigenvalue weighted by Crippen LogP contribution is -2.28. The standard InChI is InChI=1S/C18H18N2O2/c21-17(13-6-4-7-13)20-16-11-5-8-14(12-16)18(22)19-15-9-2-1-3-10-15/h1-3,5,8-13H,4,6-7H2,(H,19,22)(H,20,21). The number of benzene rings is 2. The summed E-state index contributed by atoms with van der Waals surface area (Å²) in [5.74, 6) is -0.0142. The highest BCUT2D eigenvalue weighted by Crippen LogP contribution is 2.27. The SMILES string of the molecule is O=C(Nc1ccccc1)c1cccc(NC(=O)C2CCC2)c1. The lowest BCUT2D eigenvalue weighted by Gasteiger charge is -2.24. The summed E-state index contributed by atoms with van der Waals surface area (Å²) in [7, 11) is 0. The molecule has 1 aliphatic rings. The molecule has 3 rings (SSSR count). The van der Waals surface area contributed by atoms with E-state index in [0.29, 0.717) is 11.3 Å². The molecule has 0 aromatic heterocycles. The lowest BCUT2D eigenvalue weighted by atomic mass is 9.85. The van der Waals surface area contributed by atoms with Crippen LogP contribution in [0.25, 0.3) is 0 Å². The van der Waals surface area contributed by atoms with Crippen LogP contribution in [0.3, 0.4) is 0 Å². The van der Waals surface area contributed by atoms with Gasteiger partial charge in [0, 0.05) is 22.9 Å². The summed E-state index contributed by atoms with van der Waals surface area (Å²) in [6, 6.07) is 16.3. The Kier molecular flexibility index (Phi) is 4.19. The van der Waals surface area contributed by atoms with Crippen LogP contribution in [-0.2, 0) is 4.79 Å². The fourth-order valence-corrected chi connectivity index (χ4v) is 2.38. The van der Waals surface area contributed by atoms with E-state index >= 15 is 0 Å². The van der Waals surface area contributed by atoms with E-state index in [1.807, 2.05) is 30.3 Å². The predicted molar refractivity (Wildman–Crippen MR) is 86.8 cm³/mol. The predicted octanol–water partition coefficient (Wildman–Crippen LogP) is 3.68. The number of nitrogens with one attached hydrogen (secondary N) is 2. The molecule has 0 aliphatic heterocycles. The van der Waals surface area contributed by atoms with Gasteiger partial charge in [-0.3, -0.25) is 9.59 Å². The molecule has 2 aromatic carbocycles. The first-order valence-corrected chi connectivity index (χ1v) is 7.50. The van der Waals surface area contributed by atoms with Gasteiger partial charge in [0.25, 0.3) is 5.91 Å². The van der Waals surface area contributed by atoms with Crippen molar-refractivity contribution in [1.29, 1.82) is 0 Å². The minimum atomic E-state index is -0.189. The molecule has 0 unspecified atom stereocenters. The highest BCUT2D eigenvalue weighted by Gasteiger charge is 2.25. The summed E-state index contributed by atoms with van der Waals surface area (Å²) < 4.78 is 0. The first kappa shape index (κ1) is 14.3. The van der Waals surface area contributed by atoms with E-state index in [9.17, 15) is 9.59 Å². The van der Waals surface area contributed by atoms with Crippen molar-refractivity contribution in [1.82, 2.24) is 0 Å². The Morgan fingerprint density at radius 1 is 0.864 bits per heavy atom. The van der Waals surface area contributed by atoms with Crippen molar-refractivity contribution in [2.24, 2.45) is 5.92 Å². The van der Waals surface area contributed by atoms with Crippen molar-refractivity contribution in [2.45, 2.75) is 19.3 Å². The quantitative estimate of drug-likeness (QED) is 0.903. The Balaban J connectivity index is 1.67. The minimum Gasteiger partial charge on any atom is -0.326 e. The van der Waals surface area contributed by atoms with Crippen LogP contribution in [0.5, 0.6) is 0 Å². The van der Waals surface area contributed by atoms with Crippen molar-refractivity contribution in [3.05, 3.63) is 60.2 Å². The Bertz CT molecular complexity index is 678. The van der Waals surface area contributed by atoms with Crippen molar-refractivity contribution in [3.8, 4) is 0 Å². The van der Waals surface area contributed by atoms with Crippen molar-refractivity contribution in [3.63, 3.8) is 0 Å². The molecule has 0 bridgehead atoms. The van der Waals surface area contributed by atoms with Gasteiger partial charge in [-0.15, -0.1) is 0 Å². The summed E-state index contributed by atoms with van der Waals surface area (Å²) in [6.07, 6.45) is 3.04. The molecular weight excluding hydrogens is 276 g/mol. The molecule has 2 aromatic rings. The average Bonchev–Trinajstić information content (AvgIpc) is 2.46. The van der Waals surface area contributed by atoms with Gasteiger partial charge in [0.2, 0.25) is 5.91 Å². The third-order valence-corrected chi connectivity index (χ3v) is 3.90. The van der Waals surface area contributed by atoms with E-state index in [-0.39, 0.29) is 17.7 Å². The molecule has 0 spiro atoms. The maximum Gasteiger partial charge on any atom is 0.255 e. The number of hydrogen-bond donors (Lipinski definition) is 2. The van der Waals surface area contributed by atoms with Crippen LogP contribution in [0, 0.1) is 5.92 Å². The van der Waals surface area contributed by atoms with Gasteiger partial charge in [0.1, 0.15) is 0 Å². The maximum absolute atomic E-state index is 12.2. The second-order valence-electron chi connectivity index (χ2n) is 5.52. The molecule has 112 valence electrons. The van der Waals surface area contributed by atoms with E-state index in [1.54, 1.807) is 24.3 Å². The number of carbonyl (C=O) groups is 2. The molecule has 1 fully saturated rings. The van der Waals surface area contributed by atoms with E-state index in [2.05, 4.69) is 10.6 Å². The minimum absolute atomic E-state index is 0.0480. The van der Waals surface area contributed by atoms with Gasteiger partial charge < -0.3 is 10.6 Å². The lowest BCUT2D eigenvalue weighted by molar-refractivity contribution is -0.122. The number of rotatable bonds is 4. The maximum atomic E-state index is 12.2. The van der Waals surface area contributed by atoms with Gasteiger partial charge in [-0.1, -0.05) is 30.7 Å². The number of carbonyl (C=O) groups excluding carboxylic acids is 2. The summed E-state index contributed by atoms with van der Waals surface area (Å²) >= 11 is 0. The second kappa shape index (κ2) is 6.43. The number of hydrogen-bond acceptors (Lipinski definition) is 2. The van der Waals surface area contributed by atoms with Gasteiger partial charge in [0.05, 0.1) is 0 Å². The summed E-state index contributed by atoms with van der Waals surface area (Å²) in [5, 5.41) is 5.72. The molecule has 2 N–H and O–H groups in total. The summed E-state index contributed by atoms with van der Waals surface area (Å²) in [6.45, 7) is 0. The third kappa shape index (κ3) is 3.34. The van der Waals surface area contributed by atoms with E-state index in [0.717, 1.165) is 24.9 Å². The van der Waals surface area contributed by atoms with Crippen LogP contribution in [-0.4, -0.2) is 11.8 Å². The van der Waals surface area contributed by atoms with Crippen LogP contribution in [0.15, 0.2) is 54.6 Å². The van der Waals surface area contributed by atoms with Crippen LogP contribution >= 0.6 is 0 Å². The van der Waals surface area contributed by atoms with Gasteiger partial charge in [-0.05, 0) is 43.2 Å². The van der Waals surface area contributed by atoms with Crippen LogP contribution in [0.2, 0.25) is 0 Å². The topological polar surface area (TPSA) is 58.2 Å². The molecule has 22 heavy (non-hydrogen) atoms. The van der Waals surface area contributed by atoms with Crippen molar-refractivity contribution >= 4 is 23.2 Å². The smallest absolute Gasteiger partial charge is 0.255 e. The Labute approximate surface area is 129 Å². The largest absolute Gasteiger partial charge is 0.326 e. The van der Waals surface area contributed by atoms with Gasteiger partial charge in [-0.2, -0.15) is 0 Å². The molecule has 0 heterocycles. The van der Waals surface area contributed by atoms with Gasteiger partial charge in [0.15, 0.2) is 0 Å². The van der Waals surface area contributed by atoms with Crippen molar-refractivity contribution in [2.75, 3.05) is 10.6 Å². The second-order valence-corrected chi connectivity index (χ2v) is 5.52. The zero-order chi connectivity index (χ0) is 15.4. The van der Waals surface area contributed by atoms with Gasteiger partial charge in [-0.25, -0.2) is 0 Å². The molecule has 1 aliphatic carbocycles. The highest BCUT2D eigenvalue weighted by atomic mass is 16.2. The highest BCUT2D eigenvalue weighted by molar-refractivity contribution is 6.05. The number of anilines is 2. The summed E-state index contributed by atoms with van der Waals surface area (Å²) in [5.41, 5.74) is 1.93. The molecule has 0 radical (unpaired) electrons. The van der Waals surface area contributed by atoms with Crippen LogP contribution in [0.1, 0.15) is 29.6 Å². The van der Waals surface area contributed by atoms with Crippen LogP contribution < -0.4 is 10.6 Å². The zero-order valence-electron chi connectivity index (χ0n) is 12.2. The van der Waals surface area contributed by atoms with Gasteiger partial charge >= 0.3 is 0 Å². The monoisotopic (exact) mass is 294 g/mol. The Hall–Kier alpha value is -2.62. The molecule has 1 saturated carbocycles. The fraction of sp³-hybridized carbons (Fsp3) is 0.222. The number of amides is 2. The molecular formula is C18H18N2O2. The average molecular weight is 294 g/mol.